The van der Waals surface area contributed by atoms with Crippen molar-refractivity contribution in [2.45, 2.75) is 19.9 Å². The maximum atomic E-state index is 12.7. The van der Waals surface area contributed by atoms with E-state index in [1.807, 2.05) is 68.4 Å². The minimum Gasteiger partial charge on any atom is -0.497 e. The molecule has 1 amide bonds. The Kier molecular flexibility index (Phi) is 5.37. The minimum absolute atomic E-state index is 0.00549. The van der Waals surface area contributed by atoms with Crippen LogP contribution >= 0.6 is 11.3 Å². The molecular formula is C23H22N4O2S. The van der Waals surface area contributed by atoms with Gasteiger partial charge in [0.25, 0.3) is 5.91 Å². The summed E-state index contributed by atoms with van der Waals surface area (Å²) in [4.78, 5) is 23.4. The second kappa shape index (κ2) is 8.12. The molecule has 0 atom stereocenters. The Morgan fingerprint density at radius 3 is 2.50 bits per heavy atom. The van der Waals surface area contributed by atoms with Crippen LogP contribution in [0.3, 0.4) is 0 Å². The zero-order valence-electron chi connectivity index (χ0n) is 17.0. The molecule has 4 aromatic rings. The second-order valence-corrected chi connectivity index (χ2v) is 8.15. The molecule has 4 rings (SSSR count). The molecule has 0 aliphatic heterocycles. The first-order chi connectivity index (χ1) is 14.5. The van der Waals surface area contributed by atoms with Crippen LogP contribution in [0.15, 0.2) is 54.6 Å². The van der Waals surface area contributed by atoms with Crippen LogP contribution in [0, 0.1) is 0 Å². The Labute approximate surface area is 178 Å². The number of nitrogens with one attached hydrogen (secondary N) is 1. The predicted octanol–water partition coefficient (Wildman–Crippen LogP) is 4.75. The summed E-state index contributed by atoms with van der Waals surface area (Å²) in [6, 6.07) is 17.4. The Morgan fingerprint density at radius 2 is 1.80 bits per heavy atom. The number of ether oxygens (including phenoxy) is 1. The summed E-state index contributed by atoms with van der Waals surface area (Å²) < 4.78 is 5.38. The lowest BCUT2D eigenvalue weighted by Gasteiger charge is -2.09. The standard InChI is InChI=1S/C23H22N4O2S/c1-13(2)25-22(28)20-18(24)17-19(15-10-7-11-16(12-15)29-3)26-21(27-23(17)30-20)14-8-5-4-6-9-14/h4-13H,24H2,1-3H3,(H,25,28). The summed E-state index contributed by atoms with van der Waals surface area (Å²) >= 11 is 1.28. The Balaban J connectivity index is 1.98. The van der Waals surface area contributed by atoms with Crippen molar-refractivity contribution < 1.29 is 9.53 Å². The monoisotopic (exact) mass is 418 g/mol. The van der Waals surface area contributed by atoms with Gasteiger partial charge in [-0.1, -0.05) is 42.5 Å². The largest absolute Gasteiger partial charge is 0.497 e. The molecule has 152 valence electrons. The molecule has 0 aliphatic rings. The fraction of sp³-hybridized carbons (Fsp3) is 0.174. The number of nitrogen functional groups attached to an aromatic ring is 1. The van der Waals surface area contributed by atoms with Crippen LogP contribution in [0.2, 0.25) is 0 Å². The Bertz CT molecular complexity index is 1220. The smallest absolute Gasteiger partial charge is 0.263 e. The topological polar surface area (TPSA) is 90.1 Å². The Morgan fingerprint density at radius 1 is 1.07 bits per heavy atom. The van der Waals surface area contributed by atoms with Crippen LogP contribution in [0.4, 0.5) is 5.69 Å². The van der Waals surface area contributed by atoms with Crippen molar-refractivity contribution in [2.24, 2.45) is 0 Å². The van der Waals surface area contributed by atoms with E-state index in [-0.39, 0.29) is 11.9 Å². The molecule has 0 aliphatic carbocycles. The second-order valence-electron chi connectivity index (χ2n) is 7.15. The van der Waals surface area contributed by atoms with Gasteiger partial charge in [-0.25, -0.2) is 9.97 Å². The zero-order valence-corrected chi connectivity index (χ0v) is 17.8. The molecule has 0 saturated carbocycles. The van der Waals surface area contributed by atoms with Crippen LogP contribution in [0.25, 0.3) is 32.9 Å². The third kappa shape index (κ3) is 3.71. The van der Waals surface area contributed by atoms with E-state index in [0.717, 1.165) is 11.1 Å². The highest BCUT2D eigenvalue weighted by Crippen LogP contribution is 2.40. The number of nitrogens with zero attached hydrogens (tertiary/aromatic N) is 2. The molecule has 30 heavy (non-hydrogen) atoms. The minimum atomic E-state index is -0.205. The van der Waals surface area contributed by atoms with Crippen molar-refractivity contribution in [1.29, 1.82) is 0 Å². The number of anilines is 1. The lowest BCUT2D eigenvalue weighted by Crippen LogP contribution is -2.29. The molecule has 0 bridgehead atoms. The molecule has 6 nitrogen and oxygen atoms in total. The third-order valence-corrected chi connectivity index (χ3v) is 5.69. The van der Waals surface area contributed by atoms with Gasteiger partial charge in [0, 0.05) is 17.2 Å². The van der Waals surface area contributed by atoms with E-state index in [9.17, 15) is 4.79 Å². The van der Waals surface area contributed by atoms with Gasteiger partial charge in [-0.05, 0) is 26.0 Å². The number of benzene rings is 2. The first-order valence-electron chi connectivity index (χ1n) is 9.58. The van der Waals surface area contributed by atoms with E-state index in [0.29, 0.717) is 38.0 Å². The normalized spacial score (nSPS) is 11.1. The summed E-state index contributed by atoms with van der Waals surface area (Å²) in [6.07, 6.45) is 0. The maximum absolute atomic E-state index is 12.7. The fourth-order valence-corrected chi connectivity index (χ4v) is 4.21. The van der Waals surface area contributed by atoms with Gasteiger partial charge >= 0.3 is 0 Å². The van der Waals surface area contributed by atoms with Gasteiger partial charge in [-0.2, -0.15) is 0 Å². The fourth-order valence-electron chi connectivity index (χ4n) is 3.21. The van der Waals surface area contributed by atoms with Crippen LogP contribution in [-0.2, 0) is 0 Å². The number of hydrogen-bond acceptors (Lipinski definition) is 6. The van der Waals surface area contributed by atoms with E-state index in [1.165, 1.54) is 11.3 Å². The lowest BCUT2D eigenvalue weighted by molar-refractivity contribution is 0.0948. The number of carbonyl (C=O) groups is 1. The van der Waals surface area contributed by atoms with Crippen LogP contribution < -0.4 is 15.8 Å². The summed E-state index contributed by atoms with van der Waals surface area (Å²) in [7, 11) is 1.62. The van der Waals surface area contributed by atoms with Gasteiger partial charge in [0.15, 0.2) is 5.82 Å². The number of hydrogen-bond donors (Lipinski definition) is 2. The molecular weight excluding hydrogens is 396 g/mol. The average molecular weight is 419 g/mol. The number of carbonyl (C=O) groups excluding carboxylic acids is 1. The van der Waals surface area contributed by atoms with Crippen molar-refractivity contribution in [3.63, 3.8) is 0 Å². The molecule has 3 N–H and O–H groups in total. The number of thiophene rings is 1. The number of amides is 1. The number of methoxy groups -OCH3 is 1. The number of aromatic nitrogens is 2. The van der Waals surface area contributed by atoms with Gasteiger partial charge < -0.3 is 15.8 Å². The highest BCUT2D eigenvalue weighted by atomic mass is 32.1. The van der Waals surface area contributed by atoms with Gasteiger partial charge in [0.05, 0.1) is 23.9 Å². The molecule has 2 aromatic carbocycles. The van der Waals surface area contributed by atoms with E-state index in [4.69, 9.17) is 20.4 Å². The van der Waals surface area contributed by atoms with Crippen molar-refractivity contribution in [3.05, 3.63) is 59.5 Å². The highest BCUT2D eigenvalue weighted by molar-refractivity contribution is 7.21. The predicted molar refractivity (Wildman–Crippen MR) is 122 cm³/mol. The van der Waals surface area contributed by atoms with Crippen LogP contribution in [0.1, 0.15) is 23.5 Å². The van der Waals surface area contributed by atoms with Gasteiger partial charge in [0.2, 0.25) is 0 Å². The molecule has 0 fully saturated rings. The number of fused-ring (bicyclic) bond motifs is 1. The zero-order chi connectivity index (χ0) is 21.3. The Hall–Kier alpha value is -3.45. The first-order valence-corrected chi connectivity index (χ1v) is 10.4. The van der Waals surface area contributed by atoms with Crippen LogP contribution in [-0.4, -0.2) is 29.0 Å². The summed E-state index contributed by atoms with van der Waals surface area (Å²) in [5.41, 5.74) is 9.26. The number of rotatable bonds is 5. The quantitative estimate of drug-likeness (QED) is 0.488. The number of nitrogens with two attached hydrogens (primary N) is 1. The van der Waals surface area contributed by atoms with Gasteiger partial charge in [-0.3, -0.25) is 4.79 Å². The lowest BCUT2D eigenvalue weighted by atomic mass is 10.1. The van der Waals surface area contributed by atoms with E-state index < -0.39 is 0 Å². The molecule has 0 radical (unpaired) electrons. The first kappa shape index (κ1) is 19.8. The molecule has 7 heteroatoms. The van der Waals surface area contributed by atoms with E-state index in [1.54, 1.807) is 7.11 Å². The summed E-state index contributed by atoms with van der Waals surface area (Å²) in [5, 5.41) is 3.59. The van der Waals surface area contributed by atoms with Crippen molar-refractivity contribution >= 4 is 33.1 Å². The third-order valence-electron chi connectivity index (χ3n) is 4.59. The highest BCUT2D eigenvalue weighted by Gasteiger charge is 2.23. The van der Waals surface area contributed by atoms with Gasteiger partial charge in [0.1, 0.15) is 15.5 Å². The van der Waals surface area contributed by atoms with Crippen molar-refractivity contribution in [2.75, 3.05) is 12.8 Å². The van der Waals surface area contributed by atoms with Crippen LogP contribution in [0.5, 0.6) is 5.75 Å². The van der Waals surface area contributed by atoms with Crippen molar-refractivity contribution in [3.8, 4) is 28.4 Å². The van der Waals surface area contributed by atoms with E-state index >= 15 is 0 Å². The molecule has 0 unspecified atom stereocenters. The summed E-state index contributed by atoms with van der Waals surface area (Å²) in [5.74, 6) is 1.09. The molecule has 2 aromatic heterocycles. The molecule has 0 spiro atoms. The summed E-state index contributed by atoms with van der Waals surface area (Å²) in [6.45, 7) is 3.83. The average Bonchev–Trinajstić information content (AvgIpc) is 3.10. The molecule has 0 saturated heterocycles. The SMILES string of the molecule is COc1cccc(-c2nc(-c3ccccc3)nc3sc(C(=O)NC(C)C)c(N)c23)c1. The molecule has 2 heterocycles. The van der Waals surface area contributed by atoms with E-state index in [2.05, 4.69) is 5.32 Å². The van der Waals surface area contributed by atoms with Gasteiger partial charge in [-0.15, -0.1) is 11.3 Å². The maximum Gasteiger partial charge on any atom is 0.263 e. The van der Waals surface area contributed by atoms with Crippen molar-refractivity contribution in [1.82, 2.24) is 15.3 Å².